The van der Waals surface area contributed by atoms with Crippen molar-refractivity contribution >= 4 is 0 Å². The van der Waals surface area contributed by atoms with Crippen LogP contribution in [0.4, 0.5) is 0 Å². The molecule has 1 fully saturated rings. The fourth-order valence-corrected chi connectivity index (χ4v) is 1.51. The van der Waals surface area contributed by atoms with Crippen molar-refractivity contribution in [3.8, 4) is 0 Å². The molecule has 0 spiro atoms. The van der Waals surface area contributed by atoms with Crippen LogP contribution in [-0.4, -0.2) is 26.4 Å². The highest BCUT2D eigenvalue weighted by Crippen LogP contribution is 2.13. The van der Waals surface area contributed by atoms with Crippen LogP contribution in [0.2, 0.25) is 0 Å². The molecule has 0 aromatic heterocycles. The molecule has 1 aliphatic heterocycles. The van der Waals surface area contributed by atoms with Crippen molar-refractivity contribution < 1.29 is 9.47 Å². The molecule has 1 heterocycles. The zero-order chi connectivity index (χ0) is 8.10. The molecule has 2 nitrogen and oxygen atoms in total. The van der Waals surface area contributed by atoms with E-state index < -0.39 is 0 Å². The van der Waals surface area contributed by atoms with E-state index in [0.717, 1.165) is 26.4 Å². The van der Waals surface area contributed by atoms with E-state index in [0.29, 0.717) is 11.8 Å². The zero-order valence-corrected chi connectivity index (χ0v) is 7.51. The van der Waals surface area contributed by atoms with Gasteiger partial charge >= 0.3 is 0 Å². The van der Waals surface area contributed by atoms with Crippen molar-refractivity contribution in [2.24, 2.45) is 11.8 Å². The molecule has 0 radical (unpaired) electrons. The SMILES string of the molecule is CC1COCCOCC(C)C1. The Morgan fingerprint density at radius 3 is 1.82 bits per heavy atom. The lowest BCUT2D eigenvalue weighted by Gasteiger charge is -2.13. The Morgan fingerprint density at radius 2 is 1.36 bits per heavy atom. The molecular formula is C9H18O2. The molecule has 1 aliphatic rings. The van der Waals surface area contributed by atoms with Crippen LogP contribution in [-0.2, 0) is 9.47 Å². The quantitative estimate of drug-likeness (QED) is 0.534. The summed E-state index contributed by atoms with van der Waals surface area (Å²) in [6.07, 6.45) is 1.22. The first-order valence-corrected chi connectivity index (χ1v) is 4.44. The Morgan fingerprint density at radius 1 is 0.909 bits per heavy atom. The van der Waals surface area contributed by atoms with E-state index in [4.69, 9.17) is 9.47 Å². The summed E-state index contributed by atoms with van der Waals surface area (Å²) in [7, 11) is 0. The average Bonchev–Trinajstić information content (AvgIpc) is 2.02. The summed E-state index contributed by atoms with van der Waals surface area (Å²) in [5.74, 6) is 1.37. The van der Waals surface area contributed by atoms with Crippen LogP contribution in [0.15, 0.2) is 0 Å². The average molecular weight is 158 g/mol. The predicted octanol–water partition coefficient (Wildman–Crippen LogP) is 1.70. The van der Waals surface area contributed by atoms with Crippen molar-refractivity contribution in [2.45, 2.75) is 20.3 Å². The molecule has 2 atom stereocenters. The summed E-state index contributed by atoms with van der Waals surface area (Å²) in [6, 6.07) is 0. The molecule has 2 heteroatoms. The van der Waals surface area contributed by atoms with Gasteiger partial charge < -0.3 is 9.47 Å². The normalized spacial score (nSPS) is 35.5. The summed E-state index contributed by atoms with van der Waals surface area (Å²) in [4.78, 5) is 0. The maximum Gasteiger partial charge on any atom is 0.0700 e. The van der Waals surface area contributed by atoms with Gasteiger partial charge in [0.15, 0.2) is 0 Å². The lowest BCUT2D eigenvalue weighted by molar-refractivity contribution is 0.0461. The molecule has 0 aromatic rings. The summed E-state index contributed by atoms with van der Waals surface area (Å²) < 4.78 is 10.8. The van der Waals surface area contributed by atoms with Gasteiger partial charge in [-0.25, -0.2) is 0 Å². The van der Waals surface area contributed by atoms with Crippen molar-refractivity contribution in [3.63, 3.8) is 0 Å². The highest BCUT2D eigenvalue weighted by Gasteiger charge is 2.11. The highest BCUT2D eigenvalue weighted by molar-refractivity contribution is 4.59. The fraction of sp³-hybridized carbons (Fsp3) is 1.00. The summed E-state index contributed by atoms with van der Waals surface area (Å²) in [5, 5.41) is 0. The second kappa shape index (κ2) is 4.73. The lowest BCUT2D eigenvalue weighted by Crippen LogP contribution is -2.10. The van der Waals surface area contributed by atoms with E-state index in [2.05, 4.69) is 13.8 Å². The second-order valence-electron chi connectivity index (χ2n) is 3.60. The van der Waals surface area contributed by atoms with E-state index in [9.17, 15) is 0 Å². The van der Waals surface area contributed by atoms with Crippen molar-refractivity contribution in [2.75, 3.05) is 26.4 Å². The van der Waals surface area contributed by atoms with Gasteiger partial charge in [0.25, 0.3) is 0 Å². The number of rotatable bonds is 0. The third kappa shape index (κ3) is 3.73. The smallest absolute Gasteiger partial charge is 0.0700 e. The van der Waals surface area contributed by atoms with Crippen LogP contribution in [0, 0.1) is 11.8 Å². The first-order chi connectivity index (χ1) is 5.29. The van der Waals surface area contributed by atoms with Gasteiger partial charge in [0.1, 0.15) is 0 Å². The van der Waals surface area contributed by atoms with Crippen LogP contribution < -0.4 is 0 Å². The minimum Gasteiger partial charge on any atom is -0.379 e. The number of hydrogen-bond acceptors (Lipinski definition) is 2. The first kappa shape index (κ1) is 9.01. The number of ether oxygens (including phenoxy) is 2. The fourth-order valence-electron chi connectivity index (χ4n) is 1.51. The van der Waals surface area contributed by atoms with E-state index in [-0.39, 0.29) is 0 Å². The molecule has 0 N–H and O–H groups in total. The molecule has 0 aliphatic carbocycles. The zero-order valence-electron chi connectivity index (χ0n) is 7.51. The van der Waals surface area contributed by atoms with E-state index in [1.807, 2.05) is 0 Å². The van der Waals surface area contributed by atoms with Crippen LogP contribution in [0.1, 0.15) is 20.3 Å². The summed E-state index contributed by atoms with van der Waals surface area (Å²) >= 11 is 0. The van der Waals surface area contributed by atoms with Crippen molar-refractivity contribution in [1.82, 2.24) is 0 Å². The van der Waals surface area contributed by atoms with Gasteiger partial charge in [0, 0.05) is 13.2 Å². The monoisotopic (exact) mass is 158 g/mol. The Kier molecular flexibility index (Phi) is 3.87. The highest BCUT2D eigenvalue weighted by atomic mass is 16.5. The van der Waals surface area contributed by atoms with Crippen molar-refractivity contribution in [3.05, 3.63) is 0 Å². The molecule has 0 saturated carbocycles. The molecule has 11 heavy (non-hydrogen) atoms. The first-order valence-electron chi connectivity index (χ1n) is 4.44. The Bertz CT molecular complexity index is 91.7. The van der Waals surface area contributed by atoms with Crippen LogP contribution >= 0.6 is 0 Å². The topological polar surface area (TPSA) is 18.5 Å². The Balaban J connectivity index is 2.27. The molecular weight excluding hydrogens is 140 g/mol. The molecule has 0 amide bonds. The van der Waals surface area contributed by atoms with Gasteiger partial charge in [-0.15, -0.1) is 0 Å². The molecule has 66 valence electrons. The molecule has 1 saturated heterocycles. The van der Waals surface area contributed by atoms with Crippen LogP contribution in [0.25, 0.3) is 0 Å². The third-order valence-electron chi connectivity index (χ3n) is 1.98. The minimum atomic E-state index is 0.687. The maximum absolute atomic E-state index is 5.39. The Hall–Kier alpha value is -0.0800. The largest absolute Gasteiger partial charge is 0.379 e. The maximum atomic E-state index is 5.39. The lowest BCUT2D eigenvalue weighted by atomic mass is 9.99. The third-order valence-corrected chi connectivity index (χ3v) is 1.98. The molecule has 0 aromatic carbocycles. The van der Waals surface area contributed by atoms with Crippen LogP contribution in [0.5, 0.6) is 0 Å². The van der Waals surface area contributed by atoms with Gasteiger partial charge in [-0.05, 0) is 18.3 Å². The van der Waals surface area contributed by atoms with Gasteiger partial charge in [0.2, 0.25) is 0 Å². The van der Waals surface area contributed by atoms with Gasteiger partial charge in [-0.1, -0.05) is 13.8 Å². The molecule has 0 bridgehead atoms. The summed E-state index contributed by atoms with van der Waals surface area (Å²) in [5.41, 5.74) is 0. The molecule has 2 unspecified atom stereocenters. The Labute approximate surface area is 68.9 Å². The van der Waals surface area contributed by atoms with Gasteiger partial charge in [-0.2, -0.15) is 0 Å². The predicted molar refractivity (Wildman–Crippen MR) is 44.6 cm³/mol. The molecule has 1 rings (SSSR count). The van der Waals surface area contributed by atoms with Crippen LogP contribution in [0.3, 0.4) is 0 Å². The van der Waals surface area contributed by atoms with E-state index in [1.54, 1.807) is 0 Å². The summed E-state index contributed by atoms with van der Waals surface area (Å²) in [6.45, 7) is 7.79. The number of hydrogen-bond donors (Lipinski definition) is 0. The second-order valence-corrected chi connectivity index (χ2v) is 3.60. The standard InChI is InChI=1S/C9H18O2/c1-8-5-9(2)7-11-4-3-10-6-8/h8-9H,3-7H2,1-2H3. The van der Waals surface area contributed by atoms with Gasteiger partial charge in [0.05, 0.1) is 13.2 Å². The minimum absolute atomic E-state index is 0.687. The van der Waals surface area contributed by atoms with Gasteiger partial charge in [-0.3, -0.25) is 0 Å². The van der Waals surface area contributed by atoms with E-state index >= 15 is 0 Å². The van der Waals surface area contributed by atoms with E-state index in [1.165, 1.54) is 6.42 Å². The van der Waals surface area contributed by atoms with Crippen molar-refractivity contribution in [1.29, 1.82) is 0 Å².